The van der Waals surface area contributed by atoms with Crippen LogP contribution in [0.25, 0.3) is 0 Å². The van der Waals surface area contributed by atoms with Crippen molar-refractivity contribution in [1.29, 1.82) is 0 Å². The number of nitrogens with one attached hydrogen (secondary N) is 2. The SMILES string of the molecule is Cc1ccc(CNC(=O)CNC(=O)c2ccc(C(F)(F)F)cc2)cc1F. The van der Waals surface area contributed by atoms with Gasteiger partial charge in [-0.1, -0.05) is 12.1 Å². The Bertz CT molecular complexity index is 802. The molecule has 0 saturated heterocycles. The number of aryl methyl sites for hydroxylation is 1. The Hall–Kier alpha value is -2.90. The average Bonchev–Trinajstić information content (AvgIpc) is 2.60. The third-order valence-corrected chi connectivity index (χ3v) is 3.61. The normalized spacial score (nSPS) is 11.1. The monoisotopic (exact) mass is 368 g/mol. The maximum absolute atomic E-state index is 13.4. The highest BCUT2D eigenvalue weighted by Crippen LogP contribution is 2.29. The zero-order valence-electron chi connectivity index (χ0n) is 13.8. The predicted octanol–water partition coefficient (Wildman–Crippen LogP) is 3.20. The molecular weight excluding hydrogens is 352 g/mol. The molecule has 0 bridgehead atoms. The fraction of sp³-hybridized carbons (Fsp3) is 0.222. The zero-order valence-corrected chi connectivity index (χ0v) is 13.8. The first-order chi connectivity index (χ1) is 12.2. The maximum Gasteiger partial charge on any atom is 0.416 e. The van der Waals surface area contributed by atoms with Gasteiger partial charge in [0.25, 0.3) is 5.91 Å². The maximum atomic E-state index is 13.4. The summed E-state index contributed by atoms with van der Waals surface area (Å²) in [6.45, 7) is 1.36. The Kier molecular flexibility index (Phi) is 5.97. The van der Waals surface area contributed by atoms with Crippen LogP contribution in [0.3, 0.4) is 0 Å². The molecule has 0 fully saturated rings. The van der Waals surface area contributed by atoms with Crippen molar-refractivity contribution in [3.63, 3.8) is 0 Å². The van der Waals surface area contributed by atoms with E-state index in [1.165, 1.54) is 6.07 Å². The van der Waals surface area contributed by atoms with Crippen molar-refractivity contribution >= 4 is 11.8 Å². The van der Waals surface area contributed by atoms with E-state index in [4.69, 9.17) is 0 Å². The molecule has 2 aromatic carbocycles. The van der Waals surface area contributed by atoms with Crippen molar-refractivity contribution in [2.75, 3.05) is 6.54 Å². The highest BCUT2D eigenvalue weighted by atomic mass is 19.4. The van der Waals surface area contributed by atoms with E-state index in [1.807, 2.05) is 0 Å². The number of benzene rings is 2. The van der Waals surface area contributed by atoms with E-state index < -0.39 is 23.6 Å². The van der Waals surface area contributed by atoms with E-state index in [0.29, 0.717) is 11.1 Å². The third-order valence-electron chi connectivity index (χ3n) is 3.61. The van der Waals surface area contributed by atoms with E-state index in [1.54, 1.807) is 19.1 Å². The Morgan fingerprint density at radius 3 is 2.23 bits per heavy atom. The molecule has 0 aromatic heterocycles. The van der Waals surface area contributed by atoms with E-state index >= 15 is 0 Å². The molecule has 0 atom stereocenters. The van der Waals surface area contributed by atoms with Gasteiger partial charge in [-0.2, -0.15) is 13.2 Å². The molecule has 2 amide bonds. The minimum Gasteiger partial charge on any atom is -0.350 e. The zero-order chi connectivity index (χ0) is 19.3. The van der Waals surface area contributed by atoms with Gasteiger partial charge >= 0.3 is 6.18 Å². The minimum atomic E-state index is -4.48. The van der Waals surface area contributed by atoms with Gasteiger partial charge in [-0.3, -0.25) is 9.59 Å². The number of amides is 2. The van der Waals surface area contributed by atoms with Crippen molar-refractivity contribution in [2.45, 2.75) is 19.6 Å². The van der Waals surface area contributed by atoms with Crippen molar-refractivity contribution in [3.8, 4) is 0 Å². The number of hydrogen-bond acceptors (Lipinski definition) is 2. The average molecular weight is 368 g/mol. The molecule has 0 saturated carbocycles. The first kappa shape index (κ1) is 19.4. The topological polar surface area (TPSA) is 58.2 Å². The van der Waals surface area contributed by atoms with Crippen LogP contribution >= 0.6 is 0 Å². The van der Waals surface area contributed by atoms with Crippen LogP contribution in [0.15, 0.2) is 42.5 Å². The lowest BCUT2D eigenvalue weighted by atomic mass is 10.1. The summed E-state index contributed by atoms with van der Waals surface area (Å²) in [6.07, 6.45) is -4.48. The second kappa shape index (κ2) is 7.99. The van der Waals surface area contributed by atoms with Gasteiger partial charge in [0.2, 0.25) is 5.91 Å². The summed E-state index contributed by atoms with van der Waals surface area (Å²) in [4.78, 5) is 23.6. The molecule has 138 valence electrons. The first-order valence-corrected chi connectivity index (χ1v) is 7.64. The molecule has 2 rings (SSSR count). The Morgan fingerprint density at radius 1 is 1.00 bits per heavy atom. The number of hydrogen-bond donors (Lipinski definition) is 2. The summed E-state index contributed by atoms with van der Waals surface area (Å²) in [6, 6.07) is 8.21. The molecule has 2 aromatic rings. The van der Waals surface area contributed by atoms with E-state index in [0.717, 1.165) is 24.3 Å². The number of carbonyl (C=O) groups is 2. The van der Waals surface area contributed by atoms with Gasteiger partial charge in [0, 0.05) is 12.1 Å². The second-order valence-corrected chi connectivity index (χ2v) is 5.62. The molecule has 8 heteroatoms. The Balaban J connectivity index is 1.82. The van der Waals surface area contributed by atoms with Crippen molar-refractivity contribution in [2.24, 2.45) is 0 Å². The lowest BCUT2D eigenvalue weighted by molar-refractivity contribution is -0.137. The predicted molar refractivity (Wildman–Crippen MR) is 86.8 cm³/mol. The van der Waals surface area contributed by atoms with Gasteiger partial charge in [0.15, 0.2) is 0 Å². The van der Waals surface area contributed by atoms with Gasteiger partial charge in [-0.05, 0) is 48.4 Å². The van der Waals surface area contributed by atoms with Crippen LogP contribution in [0.1, 0.15) is 27.0 Å². The lowest BCUT2D eigenvalue weighted by Crippen LogP contribution is -2.36. The highest BCUT2D eigenvalue weighted by Gasteiger charge is 2.30. The Labute approximate surface area is 147 Å². The van der Waals surface area contributed by atoms with Gasteiger partial charge < -0.3 is 10.6 Å². The summed E-state index contributed by atoms with van der Waals surface area (Å²) in [7, 11) is 0. The molecule has 0 aliphatic carbocycles. The van der Waals surface area contributed by atoms with Gasteiger partial charge in [-0.25, -0.2) is 4.39 Å². The van der Waals surface area contributed by atoms with Crippen LogP contribution < -0.4 is 10.6 Å². The number of halogens is 4. The fourth-order valence-corrected chi connectivity index (χ4v) is 2.08. The largest absolute Gasteiger partial charge is 0.416 e. The molecule has 0 unspecified atom stereocenters. The van der Waals surface area contributed by atoms with Crippen LogP contribution in [0.4, 0.5) is 17.6 Å². The lowest BCUT2D eigenvalue weighted by Gasteiger charge is -2.09. The van der Waals surface area contributed by atoms with Crippen molar-refractivity contribution < 1.29 is 27.2 Å². The highest BCUT2D eigenvalue weighted by molar-refractivity contribution is 5.96. The van der Waals surface area contributed by atoms with Crippen LogP contribution in [-0.2, 0) is 17.5 Å². The van der Waals surface area contributed by atoms with E-state index in [-0.39, 0.29) is 24.5 Å². The van der Waals surface area contributed by atoms with Crippen LogP contribution in [-0.4, -0.2) is 18.4 Å². The number of alkyl halides is 3. The van der Waals surface area contributed by atoms with Crippen LogP contribution in [0, 0.1) is 12.7 Å². The summed E-state index contributed by atoms with van der Waals surface area (Å²) in [5.74, 6) is -1.56. The molecular formula is C18H16F4N2O2. The fourth-order valence-electron chi connectivity index (χ4n) is 2.08. The minimum absolute atomic E-state index is 0.00593. The summed E-state index contributed by atoms with van der Waals surface area (Å²) >= 11 is 0. The Morgan fingerprint density at radius 2 is 1.65 bits per heavy atom. The molecule has 26 heavy (non-hydrogen) atoms. The van der Waals surface area contributed by atoms with Gasteiger partial charge in [0.05, 0.1) is 12.1 Å². The third kappa shape index (κ3) is 5.30. The van der Waals surface area contributed by atoms with Crippen LogP contribution in [0.2, 0.25) is 0 Å². The molecule has 0 spiro atoms. The molecule has 0 radical (unpaired) electrons. The van der Waals surface area contributed by atoms with Crippen LogP contribution in [0.5, 0.6) is 0 Å². The molecule has 4 nitrogen and oxygen atoms in total. The number of rotatable bonds is 5. The first-order valence-electron chi connectivity index (χ1n) is 7.64. The standard InChI is InChI=1S/C18H16F4N2O2/c1-11-2-3-12(8-15(11)19)9-23-16(25)10-24-17(26)13-4-6-14(7-5-13)18(20,21)22/h2-8H,9-10H2,1H3,(H,23,25)(H,24,26). The molecule has 0 aliphatic rings. The van der Waals surface area contributed by atoms with Crippen molar-refractivity contribution in [1.82, 2.24) is 10.6 Å². The number of carbonyl (C=O) groups excluding carboxylic acids is 2. The van der Waals surface area contributed by atoms with Gasteiger partial charge in [0.1, 0.15) is 5.82 Å². The smallest absolute Gasteiger partial charge is 0.350 e. The second-order valence-electron chi connectivity index (χ2n) is 5.62. The van der Waals surface area contributed by atoms with E-state index in [9.17, 15) is 27.2 Å². The van der Waals surface area contributed by atoms with E-state index in [2.05, 4.69) is 10.6 Å². The van der Waals surface area contributed by atoms with Gasteiger partial charge in [-0.15, -0.1) is 0 Å². The molecule has 2 N–H and O–H groups in total. The summed E-state index contributed by atoms with van der Waals surface area (Å²) in [5, 5.41) is 4.82. The molecule has 0 aliphatic heterocycles. The summed E-state index contributed by atoms with van der Waals surface area (Å²) in [5.41, 5.74) is 0.197. The van der Waals surface area contributed by atoms with Crippen molar-refractivity contribution in [3.05, 3.63) is 70.5 Å². The quantitative estimate of drug-likeness (QED) is 0.797. The molecule has 0 heterocycles. The summed E-state index contributed by atoms with van der Waals surface area (Å²) < 4.78 is 50.8.